The minimum atomic E-state index is 0.686. The van der Waals surface area contributed by atoms with Gasteiger partial charge >= 0.3 is 0 Å². The van der Waals surface area contributed by atoms with Crippen molar-refractivity contribution in [2.45, 2.75) is 32.7 Å². The molecule has 0 aliphatic rings. The predicted octanol–water partition coefficient (Wildman–Crippen LogP) is 3.98. The number of benzene rings is 1. The molecule has 96 valence electrons. The van der Waals surface area contributed by atoms with Crippen LogP contribution >= 0.6 is 23.8 Å². The summed E-state index contributed by atoms with van der Waals surface area (Å²) in [6, 6.07) is 7.83. The number of hydrogen-bond acceptors (Lipinski definition) is 2. The lowest BCUT2D eigenvalue weighted by Gasteiger charge is -2.07. The van der Waals surface area contributed by atoms with Gasteiger partial charge in [-0.1, -0.05) is 43.1 Å². The van der Waals surface area contributed by atoms with E-state index < -0.39 is 0 Å². The van der Waals surface area contributed by atoms with E-state index in [1.165, 1.54) is 0 Å². The molecular formula is C13H16ClN3S. The first kappa shape index (κ1) is 13.3. The van der Waals surface area contributed by atoms with Crippen LogP contribution in [0.4, 0.5) is 0 Å². The summed E-state index contributed by atoms with van der Waals surface area (Å²) in [5.74, 6) is 0.946. The summed E-state index contributed by atoms with van der Waals surface area (Å²) in [5, 5.41) is 7.92. The van der Waals surface area contributed by atoms with Crippen LogP contribution in [0.5, 0.6) is 0 Å². The van der Waals surface area contributed by atoms with Crippen LogP contribution in [0.1, 0.15) is 31.2 Å². The number of halogens is 1. The molecule has 0 atom stereocenters. The van der Waals surface area contributed by atoms with E-state index in [1.807, 2.05) is 24.3 Å². The fraction of sp³-hybridized carbons (Fsp3) is 0.385. The lowest BCUT2D eigenvalue weighted by molar-refractivity contribution is 0.603. The van der Waals surface area contributed by atoms with E-state index in [2.05, 4.69) is 21.7 Å². The first-order valence-electron chi connectivity index (χ1n) is 6.10. The average molecular weight is 282 g/mol. The first-order valence-corrected chi connectivity index (χ1v) is 6.88. The van der Waals surface area contributed by atoms with Gasteiger partial charge in [-0.15, -0.1) is 0 Å². The van der Waals surface area contributed by atoms with Gasteiger partial charge < -0.3 is 4.57 Å². The molecule has 3 nitrogen and oxygen atoms in total. The minimum absolute atomic E-state index is 0.686. The molecule has 0 aliphatic heterocycles. The van der Waals surface area contributed by atoms with Crippen LogP contribution < -0.4 is 0 Å². The maximum Gasteiger partial charge on any atom is 0.195 e. The summed E-state index contributed by atoms with van der Waals surface area (Å²) >= 11 is 11.4. The molecule has 5 heteroatoms. The minimum Gasteiger partial charge on any atom is -0.304 e. The molecule has 18 heavy (non-hydrogen) atoms. The lowest BCUT2D eigenvalue weighted by Crippen LogP contribution is -2.05. The molecule has 0 bridgehead atoms. The van der Waals surface area contributed by atoms with Crippen molar-refractivity contribution in [1.29, 1.82) is 0 Å². The van der Waals surface area contributed by atoms with Crippen molar-refractivity contribution in [3.8, 4) is 0 Å². The predicted molar refractivity (Wildman–Crippen MR) is 76.6 cm³/mol. The molecule has 0 spiro atoms. The highest BCUT2D eigenvalue weighted by Crippen LogP contribution is 2.18. The Labute approximate surface area is 117 Å². The Kier molecular flexibility index (Phi) is 4.55. The third-order valence-corrected chi connectivity index (χ3v) is 3.56. The molecule has 1 heterocycles. The van der Waals surface area contributed by atoms with Gasteiger partial charge in [0.05, 0.1) is 0 Å². The smallest absolute Gasteiger partial charge is 0.195 e. The van der Waals surface area contributed by atoms with Crippen molar-refractivity contribution in [2.24, 2.45) is 0 Å². The van der Waals surface area contributed by atoms with Gasteiger partial charge in [-0.05, 0) is 30.3 Å². The summed E-state index contributed by atoms with van der Waals surface area (Å²) in [6.07, 6.45) is 2.94. The summed E-state index contributed by atoms with van der Waals surface area (Å²) in [7, 11) is 0. The second kappa shape index (κ2) is 6.16. The van der Waals surface area contributed by atoms with Gasteiger partial charge in [-0.25, -0.2) is 0 Å². The molecule has 1 aromatic heterocycles. The van der Waals surface area contributed by atoms with E-state index in [0.29, 0.717) is 11.2 Å². The molecule has 0 unspecified atom stereocenters. The number of nitrogens with one attached hydrogen (secondary N) is 1. The third kappa shape index (κ3) is 3.00. The maximum atomic E-state index is 6.16. The van der Waals surface area contributed by atoms with E-state index in [9.17, 15) is 0 Å². The normalized spacial score (nSPS) is 10.8. The summed E-state index contributed by atoms with van der Waals surface area (Å²) in [5.41, 5.74) is 1.07. The Morgan fingerprint density at radius 1 is 1.39 bits per heavy atom. The Bertz CT molecular complexity index is 574. The van der Waals surface area contributed by atoms with Crippen LogP contribution in [0.15, 0.2) is 24.3 Å². The van der Waals surface area contributed by atoms with E-state index in [0.717, 1.165) is 35.8 Å². The molecule has 0 saturated heterocycles. The zero-order valence-corrected chi connectivity index (χ0v) is 11.9. The number of unbranched alkanes of at least 4 members (excludes halogenated alkanes) is 1. The number of aromatic nitrogens is 3. The van der Waals surface area contributed by atoms with Crippen molar-refractivity contribution in [3.05, 3.63) is 45.4 Å². The van der Waals surface area contributed by atoms with Crippen LogP contribution in [0.2, 0.25) is 5.02 Å². The molecule has 2 aromatic rings. The van der Waals surface area contributed by atoms with Gasteiger partial charge in [-0.3, -0.25) is 5.10 Å². The second-order valence-electron chi connectivity index (χ2n) is 4.22. The molecular weight excluding hydrogens is 266 g/mol. The zero-order valence-electron chi connectivity index (χ0n) is 10.3. The van der Waals surface area contributed by atoms with Gasteiger partial charge in [0.15, 0.2) is 4.77 Å². The molecule has 1 aromatic carbocycles. The molecule has 0 saturated carbocycles. The highest BCUT2D eigenvalue weighted by atomic mass is 35.5. The molecule has 0 radical (unpaired) electrons. The average Bonchev–Trinajstić information content (AvgIpc) is 2.71. The Balaban J connectivity index is 2.24. The SMILES string of the molecule is CCCCn1c(Cc2ccccc2Cl)n[nH]c1=S. The standard InChI is InChI=1S/C13H16ClN3S/c1-2-3-8-17-12(15-16-13(17)18)9-10-6-4-5-7-11(10)14/h4-7H,2-3,8-9H2,1H3,(H,16,18). The Hall–Kier alpha value is -1.13. The fourth-order valence-corrected chi connectivity index (χ4v) is 2.29. The van der Waals surface area contributed by atoms with Crippen LogP contribution in [0, 0.1) is 4.77 Å². The van der Waals surface area contributed by atoms with Crippen LogP contribution in [-0.2, 0) is 13.0 Å². The van der Waals surface area contributed by atoms with Gasteiger partial charge in [0.25, 0.3) is 0 Å². The van der Waals surface area contributed by atoms with Crippen LogP contribution in [0.3, 0.4) is 0 Å². The first-order chi connectivity index (χ1) is 8.72. The van der Waals surface area contributed by atoms with Gasteiger partial charge in [0.1, 0.15) is 5.82 Å². The number of rotatable bonds is 5. The van der Waals surface area contributed by atoms with Gasteiger partial charge in [0.2, 0.25) is 0 Å². The maximum absolute atomic E-state index is 6.16. The summed E-state index contributed by atoms with van der Waals surface area (Å²) < 4.78 is 2.74. The van der Waals surface area contributed by atoms with Crippen molar-refractivity contribution < 1.29 is 0 Å². The largest absolute Gasteiger partial charge is 0.304 e. The molecule has 0 fully saturated rings. The van der Waals surface area contributed by atoms with E-state index in [4.69, 9.17) is 23.8 Å². The molecule has 2 rings (SSSR count). The van der Waals surface area contributed by atoms with Crippen LogP contribution in [0.25, 0.3) is 0 Å². The van der Waals surface area contributed by atoms with Crippen molar-refractivity contribution in [1.82, 2.24) is 14.8 Å². The van der Waals surface area contributed by atoms with Crippen molar-refractivity contribution in [2.75, 3.05) is 0 Å². The Morgan fingerprint density at radius 2 is 2.17 bits per heavy atom. The quantitative estimate of drug-likeness (QED) is 0.841. The number of nitrogens with zero attached hydrogens (tertiary/aromatic N) is 2. The fourth-order valence-electron chi connectivity index (χ4n) is 1.84. The third-order valence-electron chi connectivity index (χ3n) is 2.88. The zero-order chi connectivity index (χ0) is 13.0. The molecule has 1 N–H and O–H groups in total. The van der Waals surface area contributed by atoms with Gasteiger partial charge in [0, 0.05) is 18.0 Å². The molecule has 0 aliphatic carbocycles. The van der Waals surface area contributed by atoms with Crippen molar-refractivity contribution in [3.63, 3.8) is 0 Å². The van der Waals surface area contributed by atoms with E-state index >= 15 is 0 Å². The highest BCUT2D eigenvalue weighted by molar-refractivity contribution is 7.71. The number of H-pyrrole nitrogens is 1. The van der Waals surface area contributed by atoms with Crippen LogP contribution in [-0.4, -0.2) is 14.8 Å². The topological polar surface area (TPSA) is 33.6 Å². The number of aromatic amines is 1. The summed E-state index contributed by atoms with van der Waals surface area (Å²) in [4.78, 5) is 0. The second-order valence-corrected chi connectivity index (χ2v) is 5.01. The molecule has 0 amide bonds. The highest BCUT2D eigenvalue weighted by Gasteiger charge is 2.08. The summed E-state index contributed by atoms with van der Waals surface area (Å²) in [6.45, 7) is 3.07. The van der Waals surface area contributed by atoms with E-state index in [1.54, 1.807) is 0 Å². The number of hydrogen-bond donors (Lipinski definition) is 1. The monoisotopic (exact) mass is 281 g/mol. The van der Waals surface area contributed by atoms with Gasteiger partial charge in [-0.2, -0.15) is 5.10 Å². The lowest BCUT2D eigenvalue weighted by atomic mass is 10.1. The van der Waals surface area contributed by atoms with Crippen molar-refractivity contribution >= 4 is 23.8 Å². The Morgan fingerprint density at radius 3 is 2.89 bits per heavy atom. The van der Waals surface area contributed by atoms with E-state index in [-0.39, 0.29) is 0 Å².